The van der Waals surface area contributed by atoms with E-state index in [2.05, 4.69) is 40.0 Å². The summed E-state index contributed by atoms with van der Waals surface area (Å²) in [6.45, 7) is 4.35. The quantitative estimate of drug-likeness (QED) is 0.803. The Labute approximate surface area is 125 Å². The minimum atomic E-state index is -1.04. The summed E-state index contributed by atoms with van der Waals surface area (Å²) in [6, 6.07) is 7.72. The normalized spacial score (nSPS) is 10.5. The lowest BCUT2D eigenvalue weighted by Crippen LogP contribution is -2.01. The maximum absolute atomic E-state index is 10.8. The van der Waals surface area contributed by atoms with E-state index in [4.69, 9.17) is 9.52 Å². The van der Waals surface area contributed by atoms with Crippen molar-refractivity contribution in [1.29, 1.82) is 0 Å². The van der Waals surface area contributed by atoms with Crippen molar-refractivity contribution in [3.63, 3.8) is 0 Å². The summed E-state index contributed by atoms with van der Waals surface area (Å²) in [6.07, 6.45) is 0. The second kappa shape index (κ2) is 5.64. The van der Waals surface area contributed by atoms with Gasteiger partial charge in [-0.2, -0.15) is 0 Å². The molecule has 100 valence electrons. The van der Waals surface area contributed by atoms with Crippen LogP contribution >= 0.6 is 22.6 Å². The molecule has 4 nitrogen and oxygen atoms in total. The van der Waals surface area contributed by atoms with Gasteiger partial charge in [0.05, 0.1) is 0 Å². The van der Waals surface area contributed by atoms with Gasteiger partial charge in [0, 0.05) is 21.4 Å². The number of carboxylic acids is 1. The Hall–Kier alpha value is -1.50. The van der Waals surface area contributed by atoms with E-state index in [1.807, 2.05) is 13.0 Å². The van der Waals surface area contributed by atoms with Crippen molar-refractivity contribution >= 4 is 34.2 Å². The van der Waals surface area contributed by atoms with Crippen molar-refractivity contribution in [3.05, 3.63) is 50.5 Å². The zero-order valence-electron chi connectivity index (χ0n) is 10.7. The Morgan fingerprint density at radius 3 is 2.74 bits per heavy atom. The third-order valence-electron chi connectivity index (χ3n) is 2.90. The van der Waals surface area contributed by atoms with Gasteiger partial charge < -0.3 is 14.8 Å². The molecule has 0 radical (unpaired) electrons. The minimum absolute atomic E-state index is 0.0198. The number of anilines is 1. The highest BCUT2D eigenvalue weighted by Gasteiger charge is 2.12. The smallest absolute Gasteiger partial charge is 0.371 e. The second-order valence-electron chi connectivity index (χ2n) is 4.31. The maximum Gasteiger partial charge on any atom is 0.371 e. The first-order valence-electron chi connectivity index (χ1n) is 5.80. The fourth-order valence-electron chi connectivity index (χ4n) is 1.78. The maximum atomic E-state index is 10.8. The van der Waals surface area contributed by atoms with E-state index in [1.165, 1.54) is 0 Å². The lowest BCUT2D eigenvalue weighted by atomic mass is 10.2. The number of rotatable bonds is 4. The molecule has 0 saturated heterocycles. The van der Waals surface area contributed by atoms with Crippen LogP contribution in [0.25, 0.3) is 0 Å². The third-order valence-corrected chi connectivity index (χ3v) is 3.57. The topological polar surface area (TPSA) is 62.5 Å². The molecule has 0 aliphatic rings. The van der Waals surface area contributed by atoms with Crippen molar-refractivity contribution in [2.45, 2.75) is 20.4 Å². The molecular formula is C14H14INO3. The van der Waals surface area contributed by atoms with Crippen LogP contribution in [0.1, 0.15) is 27.4 Å². The van der Waals surface area contributed by atoms with Gasteiger partial charge in [0.2, 0.25) is 5.76 Å². The number of carboxylic acid groups (broad SMARTS) is 1. The molecule has 1 heterocycles. The molecule has 2 N–H and O–H groups in total. The molecule has 0 atom stereocenters. The molecule has 0 aliphatic heterocycles. The van der Waals surface area contributed by atoms with Crippen LogP contribution < -0.4 is 5.32 Å². The Balaban J connectivity index is 2.14. The Morgan fingerprint density at radius 2 is 2.11 bits per heavy atom. The van der Waals surface area contributed by atoms with Gasteiger partial charge in [-0.05, 0) is 60.2 Å². The Morgan fingerprint density at radius 1 is 1.37 bits per heavy atom. The van der Waals surface area contributed by atoms with Gasteiger partial charge in [0.1, 0.15) is 5.76 Å². The first-order chi connectivity index (χ1) is 8.97. The van der Waals surface area contributed by atoms with Crippen LogP contribution in [-0.4, -0.2) is 11.1 Å². The van der Waals surface area contributed by atoms with Crippen molar-refractivity contribution in [2.75, 3.05) is 5.32 Å². The molecule has 0 unspecified atom stereocenters. The molecule has 1 aromatic heterocycles. The van der Waals surface area contributed by atoms with Crippen LogP contribution in [0.3, 0.4) is 0 Å². The lowest BCUT2D eigenvalue weighted by molar-refractivity contribution is 0.0661. The number of hydrogen-bond donors (Lipinski definition) is 2. The summed E-state index contributed by atoms with van der Waals surface area (Å²) in [7, 11) is 0. The summed E-state index contributed by atoms with van der Waals surface area (Å²) in [5, 5.41) is 12.2. The number of hydrogen-bond acceptors (Lipinski definition) is 3. The van der Waals surface area contributed by atoms with E-state index >= 15 is 0 Å². The number of carbonyl (C=O) groups is 1. The average Bonchev–Trinajstić information content (AvgIpc) is 2.72. The molecule has 0 bridgehead atoms. The fraction of sp³-hybridized carbons (Fsp3) is 0.214. The van der Waals surface area contributed by atoms with E-state index in [1.54, 1.807) is 13.0 Å². The van der Waals surface area contributed by atoms with Crippen molar-refractivity contribution in [1.82, 2.24) is 0 Å². The third kappa shape index (κ3) is 3.28. The average molecular weight is 371 g/mol. The molecule has 1 aromatic carbocycles. The summed E-state index contributed by atoms with van der Waals surface area (Å²) in [4.78, 5) is 10.8. The van der Waals surface area contributed by atoms with Crippen LogP contribution in [-0.2, 0) is 6.54 Å². The highest BCUT2D eigenvalue weighted by molar-refractivity contribution is 14.1. The van der Waals surface area contributed by atoms with Gasteiger partial charge in [-0.1, -0.05) is 6.07 Å². The van der Waals surface area contributed by atoms with E-state index in [0.717, 1.165) is 20.4 Å². The van der Waals surface area contributed by atoms with E-state index < -0.39 is 5.97 Å². The number of aromatic carboxylic acids is 1. The van der Waals surface area contributed by atoms with E-state index in [-0.39, 0.29) is 5.76 Å². The summed E-state index contributed by atoms with van der Waals surface area (Å²) < 4.78 is 6.33. The first-order valence-corrected chi connectivity index (χ1v) is 6.88. The van der Waals surface area contributed by atoms with Crippen molar-refractivity contribution in [2.24, 2.45) is 0 Å². The number of benzene rings is 1. The predicted octanol–water partition coefficient (Wildman–Crippen LogP) is 3.81. The fourth-order valence-corrected chi connectivity index (χ4v) is 2.27. The molecule has 2 rings (SSSR count). The molecular weight excluding hydrogens is 357 g/mol. The lowest BCUT2D eigenvalue weighted by Gasteiger charge is -2.09. The zero-order valence-corrected chi connectivity index (χ0v) is 12.8. The summed E-state index contributed by atoms with van der Waals surface area (Å²) in [5.74, 6) is -0.429. The minimum Gasteiger partial charge on any atom is -0.475 e. The Kier molecular flexibility index (Phi) is 4.14. The first kappa shape index (κ1) is 13.9. The van der Waals surface area contributed by atoms with Gasteiger partial charge in [0.15, 0.2) is 0 Å². The molecule has 0 aliphatic carbocycles. The van der Waals surface area contributed by atoms with E-state index in [0.29, 0.717) is 12.3 Å². The molecule has 2 aromatic rings. The van der Waals surface area contributed by atoms with Crippen LogP contribution in [0, 0.1) is 17.4 Å². The molecule has 0 amide bonds. The van der Waals surface area contributed by atoms with Crippen LogP contribution in [0.2, 0.25) is 0 Å². The van der Waals surface area contributed by atoms with Crippen LogP contribution in [0.4, 0.5) is 5.69 Å². The van der Waals surface area contributed by atoms with Crippen molar-refractivity contribution < 1.29 is 14.3 Å². The van der Waals surface area contributed by atoms with Gasteiger partial charge in [0.25, 0.3) is 0 Å². The van der Waals surface area contributed by atoms with Gasteiger partial charge in [-0.3, -0.25) is 0 Å². The van der Waals surface area contributed by atoms with Gasteiger partial charge in [-0.25, -0.2) is 4.79 Å². The molecule has 19 heavy (non-hydrogen) atoms. The monoisotopic (exact) mass is 371 g/mol. The molecule has 0 fully saturated rings. The highest BCUT2D eigenvalue weighted by atomic mass is 127. The van der Waals surface area contributed by atoms with E-state index in [9.17, 15) is 4.79 Å². The molecule has 0 saturated carbocycles. The predicted molar refractivity (Wildman–Crippen MR) is 81.6 cm³/mol. The van der Waals surface area contributed by atoms with Gasteiger partial charge >= 0.3 is 5.97 Å². The van der Waals surface area contributed by atoms with Crippen molar-refractivity contribution in [3.8, 4) is 0 Å². The number of furan rings is 1. The summed E-state index contributed by atoms with van der Waals surface area (Å²) in [5.41, 5.74) is 3.06. The molecule has 0 spiro atoms. The highest BCUT2D eigenvalue weighted by Crippen LogP contribution is 2.21. The molecule has 5 heteroatoms. The SMILES string of the molecule is Cc1ccc(I)cc1NCc1cc(C(=O)O)oc1C. The van der Waals surface area contributed by atoms with Gasteiger partial charge in [-0.15, -0.1) is 0 Å². The Bertz CT molecular complexity index is 619. The summed E-state index contributed by atoms with van der Waals surface area (Å²) >= 11 is 2.26. The second-order valence-corrected chi connectivity index (χ2v) is 5.56. The zero-order chi connectivity index (χ0) is 14.0. The largest absolute Gasteiger partial charge is 0.475 e. The standard InChI is InChI=1S/C14H14INO3/c1-8-3-4-11(15)6-12(8)16-7-10-5-13(14(17)18)19-9(10)2/h3-6,16H,7H2,1-2H3,(H,17,18). The number of nitrogens with one attached hydrogen (secondary N) is 1. The van der Waals surface area contributed by atoms with Crippen LogP contribution in [0.5, 0.6) is 0 Å². The number of halogens is 1. The van der Waals surface area contributed by atoms with Crippen LogP contribution in [0.15, 0.2) is 28.7 Å². The number of aryl methyl sites for hydroxylation is 2.